The molecule has 184 valence electrons. The van der Waals surface area contributed by atoms with E-state index in [2.05, 4.69) is 16.7 Å². The van der Waals surface area contributed by atoms with E-state index in [0.29, 0.717) is 21.6 Å². The third-order valence-electron chi connectivity index (χ3n) is 5.52. The monoisotopic (exact) mass is 563 g/mol. The Morgan fingerprint density at radius 2 is 1.81 bits per heavy atom. The highest BCUT2D eigenvalue weighted by Gasteiger charge is 2.12. The molecule has 0 atom stereocenters. The van der Waals surface area contributed by atoms with Crippen molar-refractivity contribution in [3.8, 4) is 21.9 Å². The molecular weight excluding hydrogens is 545 g/mol. The summed E-state index contributed by atoms with van der Waals surface area (Å²) in [6.07, 6.45) is 2.92. The molecule has 9 heteroatoms. The lowest BCUT2D eigenvalue weighted by atomic mass is 10.1. The van der Waals surface area contributed by atoms with Crippen LogP contribution in [-0.4, -0.2) is 16.0 Å². The number of nitrogens with zero attached hydrogens (tertiary/aromatic N) is 1. The van der Waals surface area contributed by atoms with E-state index in [0.717, 1.165) is 37.6 Å². The zero-order valence-corrected chi connectivity index (χ0v) is 22.6. The number of furan rings is 1. The quantitative estimate of drug-likeness (QED) is 0.166. The van der Waals surface area contributed by atoms with Crippen molar-refractivity contribution in [1.82, 2.24) is 10.3 Å². The number of hydrogen-bond acceptors (Lipinski definition) is 5. The number of nitrogens with one attached hydrogen (secondary N) is 2. The molecule has 5 aromatic rings. The van der Waals surface area contributed by atoms with Gasteiger partial charge in [-0.05, 0) is 79.3 Å². The van der Waals surface area contributed by atoms with E-state index in [4.69, 9.17) is 44.8 Å². The molecule has 0 unspecified atom stereocenters. The second kappa shape index (κ2) is 10.9. The average Bonchev–Trinajstić information content (AvgIpc) is 3.51. The molecule has 0 bridgehead atoms. The largest absolute Gasteiger partial charge is 0.457 e. The molecule has 2 heterocycles. The fraction of sp³-hybridized carbons (Fsp3) is 0.0357. The van der Waals surface area contributed by atoms with Gasteiger partial charge in [-0.15, -0.1) is 11.3 Å². The summed E-state index contributed by atoms with van der Waals surface area (Å²) < 4.78 is 6.92. The highest BCUT2D eigenvalue weighted by atomic mass is 35.5. The number of thiazole rings is 1. The Labute approximate surface area is 232 Å². The average molecular weight is 565 g/mol. The molecule has 0 saturated heterocycles. The zero-order chi connectivity index (χ0) is 25.9. The van der Waals surface area contributed by atoms with Crippen molar-refractivity contribution in [3.63, 3.8) is 0 Å². The van der Waals surface area contributed by atoms with Crippen LogP contribution in [0.25, 0.3) is 38.2 Å². The van der Waals surface area contributed by atoms with E-state index in [1.54, 1.807) is 47.7 Å². The Bertz CT molecular complexity index is 1620. The van der Waals surface area contributed by atoms with Crippen LogP contribution in [0.1, 0.15) is 11.3 Å². The van der Waals surface area contributed by atoms with Gasteiger partial charge in [0.2, 0.25) is 5.91 Å². The minimum atomic E-state index is -0.388. The van der Waals surface area contributed by atoms with Crippen molar-refractivity contribution in [2.75, 3.05) is 5.32 Å². The van der Waals surface area contributed by atoms with Gasteiger partial charge in [0.05, 0.1) is 10.2 Å². The summed E-state index contributed by atoms with van der Waals surface area (Å²) in [6, 6.07) is 22.6. The predicted octanol–water partition coefficient (Wildman–Crippen LogP) is 8.36. The minimum Gasteiger partial charge on any atom is -0.457 e. The Hall–Kier alpha value is -3.49. The van der Waals surface area contributed by atoms with Gasteiger partial charge in [0.15, 0.2) is 5.11 Å². The van der Waals surface area contributed by atoms with E-state index in [-0.39, 0.29) is 11.0 Å². The second-order valence-corrected chi connectivity index (χ2v) is 10.4. The van der Waals surface area contributed by atoms with E-state index >= 15 is 0 Å². The zero-order valence-electron chi connectivity index (χ0n) is 19.4. The van der Waals surface area contributed by atoms with Crippen LogP contribution >= 0.6 is 46.8 Å². The third-order valence-corrected chi connectivity index (χ3v) is 7.23. The normalized spacial score (nSPS) is 11.2. The number of anilines is 1. The first-order valence-electron chi connectivity index (χ1n) is 11.2. The molecule has 2 N–H and O–H groups in total. The van der Waals surface area contributed by atoms with Crippen LogP contribution in [0.2, 0.25) is 10.0 Å². The van der Waals surface area contributed by atoms with Crippen molar-refractivity contribution in [3.05, 3.63) is 100 Å². The molecule has 0 fully saturated rings. The van der Waals surface area contributed by atoms with Crippen molar-refractivity contribution < 1.29 is 9.21 Å². The number of para-hydroxylation sites is 1. The number of carbonyl (C=O) groups is 1. The highest BCUT2D eigenvalue weighted by molar-refractivity contribution is 7.80. The third kappa shape index (κ3) is 5.92. The van der Waals surface area contributed by atoms with Crippen LogP contribution in [-0.2, 0) is 4.79 Å². The summed E-state index contributed by atoms with van der Waals surface area (Å²) in [5.74, 6) is 0.700. The number of benzene rings is 3. The van der Waals surface area contributed by atoms with E-state index < -0.39 is 0 Å². The molecule has 2 aromatic heterocycles. The van der Waals surface area contributed by atoms with Crippen LogP contribution in [0, 0.1) is 6.92 Å². The Balaban J connectivity index is 1.23. The summed E-state index contributed by atoms with van der Waals surface area (Å²) in [5.41, 5.74) is 4.50. The first-order valence-corrected chi connectivity index (χ1v) is 13.2. The Morgan fingerprint density at radius 1 is 1.03 bits per heavy atom. The van der Waals surface area contributed by atoms with Crippen LogP contribution < -0.4 is 10.6 Å². The molecule has 0 aliphatic heterocycles. The number of hydrogen-bond donors (Lipinski definition) is 2. The van der Waals surface area contributed by atoms with Crippen LogP contribution in [0.15, 0.2) is 83.3 Å². The minimum absolute atomic E-state index is 0.188. The van der Waals surface area contributed by atoms with Gasteiger partial charge in [0.1, 0.15) is 16.5 Å². The standard InChI is InChI=1S/C28H19Cl2N3O2S2/c1-16-21(27-31-23-6-2-3-8-25(23)37-27)5-4-7-22(16)32-28(36)33-26(34)12-10-20-9-11-24(35-20)17-13-18(29)15-19(30)14-17/h2-15H,1H3,(H2,32,33,34,36)/b12-10+. The first kappa shape index (κ1) is 25.2. The van der Waals surface area contributed by atoms with Crippen molar-refractivity contribution in [1.29, 1.82) is 0 Å². The van der Waals surface area contributed by atoms with Gasteiger partial charge in [0, 0.05) is 32.9 Å². The smallest absolute Gasteiger partial charge is 0.250 e. The molecular formula is C28H19Cl2N3O2S2. The summed E-state index contributed by atoms with van der Waals surface area (Å²) in [4.78, 5) is 17.2. The predicted molar refractivity (Wildman–Crippen MR) is 157 cm³/mol. The number of fused-ring (bicyclic) bond motifs is 1. The van der Waals surface area contributed by atoms with Gasteiger partial charge in [-0.1, -0.05) is 47.5 Å². The number of thiocarbonyl (C=S) groups is 1. The van der Waals surface area contributed by atoms with Crippen LogP contribution in [0.5, 0.6) is 0 Å². The van der Waals surface area contributed by atoms with Crippen molar-refractivity contribution >= 4 is 79.8 Å². The summed E-state index contributed by atoms with van der Waals surface area (Å²) in [7, 11) is 0. The molecule has 0 aliphatic rings. The van der Waals surface area contributed by atoms with E-state index in [9.17, 15) is 4.79 Å². The number of rotatable bonds is 5. The first-order chi connectivity index (χ1) is 17.9. The van der Waals surface area contributed by atoms with Crippen molar-refractivity contribution in [2.45, 2.75) is 6.92 Å². The molecule has 1 amide bonds. The maximum atomic E-state index is 12.4. The number of aromatic nitrogens is 1. The van der Waals surface area contributed by atoms with E-state index in [1.165, 1.54) is 6.08 Å². The summed E-state index contributed by atoms with van der Waals surface area (Å²) in [5, 5.41) is 7.92. The van der Waals surface area contributed by atoms with Gasteiger partial charge in [-0.25, -0.2) is 4.98 Å². The molecule has 3 aromatic carbocycles. The number of carbonyl (C=O) groups excluding carboxylic acids is 1. The lowest BCUT2D eigenvalue weighted by Gasteiger charge is -2.13. The lowest BCUT2D eigenvalue weighted by Crippen LogP contribution is -2.33. The van der Waals surface area contributed by atoms with E-state index in [1.807, 2.05) is 43.3 Å². The van der Waals surface area contributed by atoms with Crippen LogP contribution in [0.3, 0.4) is 0 Å². The summed E-state index contributed by atoms with van der Waals surface area (Å²) >= 11 is 19.1. The Morgan fingerprint density at radius 3 is 2.59 bits per heavy atom. The molecule has 5 nitrogen and oxygen atoms in total. The molecule has 0 spiro atoms. The molecule has 0 saturated carbocycles. The lowest BCUT2D eigenvalue weighted by molar-refractivity contribution is -0.115. The molecule has 0 aliphatic carbocycles. The fourth-order valence-electron chi connectivity index (χ4n) is 3.75. The maximum Gasteiger partial charge on any atom is 0.250 e. The fourth-order valence-corrected chi connectivity index (χ4v) is 5.53. The molecule has 37 heavy (non-hydrogen) atoms. The SMILES string of the molecule is Cc1c(NC(=S)NC(=O)/C=C/c2ccc(-c3cc(Cl)cc(Cl)c3)o2)cccc1-c1nc2ccccc2s1. The van der Waals surface area contributed by atoms with Gasteiger partial charge in [-0.2, -0.15) is 0 Å². The van der Waals surface area contributed by atoms with Crippen molar-refractivity contribution in [2.24, 2.45) is 0 Å². The van der Waals surface area contributed by atoms with Gasteiger partial charge in [0.25, 0.3) is 0 Å². The highest BCUT2D eigenvalue weighted by Crippen LogP contribution is 2.34. The van der Waals surface area contributed by atoms with Gasteiger partial charge < -0.3 is 9.73 Å². The van der Waals surface area contributed by atoms with Gasteiger partial charge in [-0.3, -0.25) is 10.1 Å². The molecule has 5 rings (SSSR count). The topological polar surface area (TPSA) is 67.2 Å². The number of amides is 1. The van der Waals surface area contributed by atoms with Gasteiger partial charge >= 0.3 is 0 Å². The van der Waals surface area contributed by atoms with Crippen LogP contribution in [0.4, 0.5) is 5.69 Å². The number of halogens is 2. The summed E-state index contributed by atoms with van der Waals surface area (Å²) in [6.45, 7) is 2.00. The second-order valence-electron chi connectivity index (χ2n) is 8.10. The maximum absolute atomic E-state index is 12.4. The Kier molecular flexibility index (Phi) is 7.39. The molecule has 0 radical (unpaired) electrons.